The first-order valence-electron chi connectivity index (χ1n) is 11.5. The van der Waals surface area contributed by atoms with Crippen LogP contribution in [0, 0.1) is 29.6 Å². The van der Waals surface area contributed by atoms with Crippen molar-refractivity contribution < 1.29 is 19.2 Å². The summed E-state index contributed by atoms with van der Waals surface area (Å²) in [6, 6.07) is 0. The van der Waals surface area contributed by atoms with E-state index in [2.05, 4.69) is 20.0 Å². The highest BCUT2D eigenvalue weighted by Gasteiger charge is 2.44. The lowest BCUT2D eigenvalue weighted by molar-refractivity contribution is 0.0911. The molecule has 6 atom stereocenters. The maximum atomic E-state index is 11.4. The molecule has 0 heterocycles. The summed E-state index contributed by atoms with van der Waals surface area (Å²) in [4.78, 5) is 59.5. The van der Waals surface area contributed by atoms with Gasteiger partial charge >= 0.3 is 0 Å². The maximum Gasteiger partial charge on any atom is 0.235 e. The van der Waals surface area contributed by atoms with Crippen LogP contribution in [-0.4, -0.2) is 48.5 Å². The van der Waals surface area contributed by atoms with Crippen LogP contribution in [0.2, 0.25) is 0 Å². The number of nitrogens with zero attached hydrogens (tertiary/aromatic N) is 4. The molecule has 0 bridgehead atoms. The number of hydrogen-bond donors (Lipinski definition) is 0. The highest BCUT2D eigenvalue weighted by atomic mass is 16.1. The first-order chi connectivity index (χ1) is 15.3. The summed E-state index contributed by atoms with van der Waals surface area (Å²) in [5, 5.41) is 0. The third kappa shape index (κ3) is 6.76. The van der Waals surface area contributed by atoms with E-state index in [4.69, 9.17) is 0 Å². The smallest absolute Gasteiger partial charge is 0.211 e. The predicted octanol–water partition coefficient (Wildman–Crippen LogP) is 4.10. The standard InChI is InChI=1S/C24H34N4O4/c1-23(2,27-16-31)21-5-4-6-22(10-21)24(3,28-17-32)11-19-8-7-18(12-25-14-29)9-20(19)13-26-15-30/h18-22H,4-13H2,1-3H3. The number of rotatable bonds is 10. The van der Waals surface area contributed by atoms with Crippen LogP contribution in [0.1, 0.15) is 72.1 Å². The van der Waals surface area contributed by atoms with E-state index in [1.807, 2.05) is 26.9 Å². The zero-order valence-corrected chi connectivity index (χ0v) is 19.4. The number of carbonyl (C=O) groups excluding carboxylic acids is 4. The summed E-state index contributed by atoms with van der Waals surface area (Å²) >= 11 is 0. The van der Waals surface area contributed by atoms with Gasteiger partial charge in [0.1, 0.15) is 0 Å². The molecule has 0 radical (unpaired) electrons. The fourth-order valence-corrected chi connectivity index (χ4v) is 5.95. The molecule has 2 aliphatic rings. The van der Waals surface area contributed by atoms with E-state index in [9.17, 15) is 19.2 Å². The van der Waals surface area contributed by atoms with Gasteiger partial charge in [0.15, 0.2) is 0 Å². The Balaban J connectivity index is 2.22. The minimum absolute atomic E-state index is 0.147. The van der Waals surface area contributed by atoms with Crippen LogP contribution in [-0.2, 0) is 19.2 Å². The number of isocyanates is 4. The average molecular weight is 443 g/mol. The molecule has 8 heteroatoms. The van der Waals surface area contributed by atoms with Gasteiger partial charge in [-0.3, -0.25) is 0 Å². The van der Waals surface area contributed by atoms with Crippen LogP contribution in [0.3, 0.4) is 0 Å². The Morgan fingerprint density at radius 3 is 2.03 bits per heavy atom. The quantitative estimate of drug-likeness (QED) is 0.374. The van der Waals surface area contributed by atoms with Crippen LogP contribution in [0.5, 0.6) is 0 Å². The summed E-state index contributed by atoms with van der Waals surface area (Å²) in [5.41, 5.74) is -1.08. The normalized spacial score (nSPS) is 29.8. The highest BCUT2D eigenvalue weighted by molar-refractivity contribution is 5.36. The fraction of sp³-hybridized carbons (Fsp3) is 0.833. The van der Waals surface area contributed by atoms with Crippen LogP contribution < -0.4 is 0 Å². The molecule has 2 saturated carbocycles. The van der Waals surface area contributed by atoms with Gasteiger partial charge in [0.05, 0.1) is 24.2 Å². The van der Waals surface area contributed by atoms with Crippen LogP contribution in [0.15, 0.2) is 20.0 Å². The van der Waals surface area contributed by atoms with Crippen molar-refractivity contribution in [2.24, 2.45) is 49.6 Å². The zero-order valence-electron chi connectivity index (χ0n) is 19.4. The molecule has 32 heavy (non-hydrogen) atoms. The Hall–Kier alpha value is -2.48. The number of hydrogen-bond acceptors (Lipinski definition) is 8. The summed E-state index contributed by atoms with van der Waals surface area (Å²) < 4.78 is 0. The summed E-state index contributed by atoms with van der Waals surface area (Å²) in [6.07, 6.45) is 13.9. The lowest BCUT2D eigenvalue weighted by Crippen LogP contribution is -2.43. The van der Waals surface area contributed by atoms with E-state index in [1.54, 1.807) is 18.2 Å². The first kappa shape index (κ1) is 25.8. The van der Waals surface area contributed by atoms with Crippen molar-refractivity contribution in [2.45, 2.75) is 83.2 Å². The van der Waals surface area contributed by atoms with Gasteiger partial charge < -0.3 is 0 Å². The SMILES string of the molecule is CC(C)(N=C=O)C1CCCC(C(C)(CC2CCC(CN=C=O)CC2CN=C=O)N=C=O)C1. The van der Waals surface area contributed by atoms with Gasteiger partial charge in [-0.25, -0.2) is 29.2 Å². The Kier molecular flexibility index (Phi) is 9.62. The van der Waals surface area contributed by atoms with Gasteiger partial charge in [0, 0.05) is 0 Å². The Bertz CT molecular complexity index is 833. The van der Waals surface area contributed by atoms with Crippen LogP contribution in [0.4, 0.5) is 0 Å². The van der Waals surface area contributed by atoms with E-state index in [1.165, 1.54) is 0 Å². The third-order valence-electron chi connectivity index (χ3n) is 7.92. The van der Waals surface area contributed by atoms with Crippen LogP contribution >= 0.6 is 0 Å². The van der Waals surface area contributed by atoms with Crippen molar-refractivity contribution in [2.75, 3.05) is 13.1 Å². The molecule has 2 fully saturated rings. The second kappa shape index (κ2) is 11.9. The Labute approximate surface area is 189 Å². The van der Waals surface area contributed by atoms with Gasteiger partial charge in [-0.1, -0.05) is 6.42 Å². The summed E-state index contributed by atoms with van der Waals surface area (Å²) in [6.45, 7) is 6.77. The van der Waals surface area contributed by atoms with Crippen molar-refractivity contribution in [3.63, 3.8) is 0 Å². The van der Waals surface area contributed by atoms with Crippen LogP contribution in [0.25, 0.3) is 0 Å². The molecule has 2 aliphatic carbocycles. The summed E-state index contributed by atoms with van der Waals surface area (Å²) in [5.74, 6) is 1.05. The van der Waals surface area contributed by atoms with Crippen molar-refractivity contribution in [1.29, 1.82) is 0 Å². The fourth-order valence-electron chi connectivity index (χ4n) is 5.95. The van der Waals surface area contributed by atoms with Gasteiger partial charge in [-0.2, -0.15) is 9.98 Å². The number of aliphatic imine (C=N–C) groups is 4. The second-order valence-electron chi connectivity index (χ2n) is 10.2. The van der Waals surface area contributed by atoms with Gasteiger partial charge in [0.2, 0.25) is 24.3 Å². The molecule has 0 amide bonds. The Morgan fingerprint density at radius 1 is 0.719 bits per heavy atom. The molecule has 0 spiro atoms. The van der Waals surface area contributed by atoms with E-state index in [0.29, 0.717) is 19.5 Å². The van der Waals surface area contributed by atoms with E-state index >= 15 is 0 Å². The first-order valence-corrected chi connectivity index (χ1v) is 11.5. The predicted molar refractivity (Wildman–Crippen MR) is 119 cm³/mol. The molecule has 0 N–H and O–H groups in total. The molecular weight excluding hydrogens is 408 g/mol. The Morgan fingerprint density at radius 2 is 1.38 bits per heavy atom. The third-order valence-corrected chi connectivity index (χ3v) is 7.92. The largest absolute Gasteiger partial charge is 0.235 e. The minimum atomic E-state index is -0.580. The molecule has 0 aromatic carbocycles. The summed E-state index contributed by atoms with van der Waals surface area (Å²) in [7, 11) is 0. The van der Waals surface area contributed by atoms with Gasteiger partial charge in [-0.05, 0) is 95.3 Å². The molecular formula is C24H34N4O4. The van der Waals surface area contributed by atoms with Crippen molar-refractivity contribution in [1.82, 2.24) is 0 Å². The maximum absolute atomic E-state index is 11.4. The lowest BCUT2D eigenvalue weighted by atomic mass is 9.62. The van der Waals surface area contributed by atoms with Gasteiger partial charge in [-0.15, -0.1) is 0 Å². The molecule has 0 aliphatic heterocycles. The van der Waals surface area contributed by atoms with E-state index in [0.717, 1.165) is 44.9 Å². The molecule has 174 valence electrons. The molecule has 6 unspecified atom stereocenters. The lowest BCUT2D eigenvalue weighted by Gasteiger charge is -2.45. The molecule has 0 aromatic rings. The topological polar surface area (TPSA) is 118 Å². The van der Waals surface area contributed by atoms with E-state index in [-0.39, 0.29) is 29.6 Å². The van der Waals surface area contributed by atoms with E-state index < -0.39 is 11.1 Å². The molecule has 8 nitrogen and oxygen atoms in total. The highest BCUT2D eigenvalue weighted by Crippen LogP contribution is 2.47. The monoisotopic (exact) mass is 442 g/mol. The molecule has 2 rings (SSSR count). The van der Waals surface area contributed by atoms with Crippen molar-refractivity contribution in [3.05, 3.63) is 0 Å². The molecule has 0 aromatic heterocycles. The van der Waals surface area contributed by atoms with Gasteiger partial charge in [0.25, 0.3) is 0 Å². The molecule has 0 saturated heterocycles. The van der Waals surface area contributed by atoms with Crippen molar-refractivity contribution in [3.8, 4) is 0 Å². The second-order valence-corrected chi connectivity index (χ2v) is 10.2. The minimum Gasteiger partial charge on any atom is -0.211 e. The van der Waals surface area contributed by atoms with Crippen molar-refractivity contribution >= 4 is 24.3 Å². The average Bonchev–Trinajstić information content (AvgIpc) is 2.77. The zero-order chi connectivity index (χ0) is 23.6.